The van der Waals surface area contributed by atoms with Crippen LogP contribution in [0.5, 0.6) is 0 Å². The Bertz CT molecular complexity index is 525. The van der Waals surface area contributed by atoms with Crippen molar-refractivity contribution in [1.29, 1.82) is 0 Å². The van der Waals surface area contributed by atoms with E-state index in [0.29, 0.717) is 0 Å². The molecule has 0 aromatic carbocycles. The average molecular weight is 708 g/mol. The van der Waals surface area contributed by atoms with Crippen LogP contribution in [0, 0.1) is 0 Å². The van der Waals surface area contributed by atoms with E-state index in [1.807, 2.05) is 0 Å². The van der Waals surface area contributed by atoms with E-state index in [-0.39, 0.29) is 0 Å². The maximum atomic E-state index is 4.94. The fourth-order valence-corrected chi connectivity index (χ4v) is 5.58. The minimum Gasteiger partial charge on any atom is -0.341 e. The Balaban J connectivity index is 1.59. The third-order valence-electron chi connectivity index (χ3n) is 5.72. The Morgan fingerprint density at radius 3 is 0.926 bits per heavy atom. The monoisotopic (exact) mass is 708 g/mol. The molecule has 3 saturated heterocycles. The molecule has 4 rings (SSSR count). The Morgan fingerprint density at radius 1 is 0.481 bits per heavy atom. The van der Waals surface area contributed by atoms with Gasteiger partial charge < -0.3 is 14.7 Å². The van der Waals surface area contributed by atoms with Gasteiger partial charge in [0.1, 0.15) is 0 Å². The zero-order valence-electron chi connectivity index (χ0n) is 15.5. The molecule has 0 spiro atoms. The van der Waals surface area contributed by atoms with Crippen LogP contribution in [-0.2, 0) is 0 Å². The molecule has 3 fully saturated rings. The molecule has 6 nitrogen and oxygen atoms in total. The molecule has 9 heteroatoms. The fourth-order valence-electron chi connectivity index (χ4n) is 3.91. The summed E-state index contributed by atoms with van der Waals surface area (Å²) in [4.78, 5) is 21.9. The first-order valence-electron chi connectivity index (χ1n) is 10.0. The topological polar surface area (TPSA) is 48.4 Å². The van der Waals surface area contributed by atoms with Crippen LogP contribution in [0.2, 0.25) is 0 Å². The van der Waals surface area contributed by atoms with Crippen LogP contribution < -0.4 is 14.7 Å². The normalized spacial score (nSPS) is 23.9. The molecule has 0 amide bonds. The summed E-state index contributed by atoms with van der Waals surface area (Å²) in [5, 5.41) is 0. The van der Waals surface area contributed by atoms with Gasteiger partial charge in [-0.15, -0.1) is 0 Å². The average Bonchev–Trinajstić information content (AvgIpc) is 2.69. The Kier molecular flexibility index (Phi) is 7.42. The van der Waals surface area contributed by atoms with E-state index in [4.69, 9.17) is 15.0 Å². The van der Waals surface area contributed by atoms with Gasteiger partial charge in [0.2, 0.25) is 17.8 Å². The van der Waals surface area contributed by atoms with Gasteiger partial charge in [0.05, 0.1) is 0 Å². The van der Waals surface area contributed by atoms with Crippen molar-refractivity contribution in [2.45, 2.75) is 50.3 Å². The summed E-state index contributed by atoms with van der Waals surface area (Å²) in [6, 6.07) is 0. The van der Waals surface area contributed by atoms with Gasteiger partial charge in [-0.2, -0.15) is 15.0 Å². The van der Waals surface area contributed by atoms with Crippen molar-refractivity contribution in [2.75, 3.05) is 54.0 Å². The molecule has 0 N–H and O–H groups in total. The summed E-state index contributed by atoms with van der Waals surface area (Å²) in [5.74, 6) is 2.68. The molecule has 0 bridgehead atoms. The minimum absolute atomic E-state index is 0.782. The van der Waals surface area contributed by atoms with E-state index >= 15 is 0 Å². The molecule has 3 aliphatic heterocycles. The molecule has 3 aliphatic rings. The molecule has 0 unspecified atom stereocenters. The number of halogens is 3. The first-order chi connectivity index (χ1) is 13.1. The van der Waals surface area contributed by atoms with Gasteiger partial charge in [-0.3, -0.25) is 0 Å². The van der Waals surface area contributed by atoms with Gasteiger partial charge in [0.25, 0.3) is 0 Å². The number of hydrogen-bond donors (Lipinski definition) is 0. The standard InChI is InChI=1S/C18H27I3N6/c19-13-1-7-25(8-2-13)16-22-17(26-9-3-14(20)4-10-26)24-18(23-16)27-11-5-15(21)6-12-27/h13-15H,1-12H2. The van der Waals surface area contributed by atoms with Gasteiger partial charge in [0.15, 0.2) is 0 Å². The number of hydrogen-bond acceptors (Lipinski definition) is 6. The highest BCUT2D eigenvalue weighted by molar-refractivity contribution is 14.1. The smallest absolute Gasteiger partial charge is 0.231 e. The van der Waals surface area contributed by atoms with E-state index < -0.39 is 0 Å². The summed E-state index contributed by atoms with van der Waals surface area (Å²) >= 11 is 7.73. The Labute approximate surface area is 203 Å². The van der Waals surface area contributed by atoms with Crippen molar-refractivity contribution in [3.8, 4) is 0 Å². The molecule has 0 aliphatic carbocycles. The highest BCUT2D eigenvalue weighted by atomic mass is 127. The number of nitrogens with zero attached hydrogens (tertiary/aromatic N) is 6. The lowest BCUT2D eigenvalue weighted by atomic mass is 10.1. The van der Waals surface area contributed by atoms with Gasteiger partial charge in [-0.1, -0.05) is 67.8 Å². The van der Waals surface area contributed by atoms with E-state index in [1.165, 1.54) is 38.5 Å². The highest BCUT2D eigenvalue weighted by Crippen LogP contribution is 2.28. The van der Waals surface area contributed by atoms with Crippen LogP contribution in [0.3, 0.4) is 0 Å². The minimum atomic E-state index is 0.782. The van der Waals surface area contributed by atoms with Crippen molar-refractivity contribution >= 4 is 85.6 Å². The Hall–Kier alpha value is 0.600. The van der Waals surface area contributed by atoms with E-state index in [9.17, 15) is 0 Å². The van der Waals surface area contributed by atoms with Crippen LogP contribution in [0.1, 0.15) is 38.5 Å². The first kappa shape index (κ1) is 20.9. The lowest BCUT2D eigenvalue weighted by molar-refractivity contribution is 0.568. The molecular formula is C18H27I3N6. The SMILES string of the molecule is IC1CCN(c2nc(N3CCC(I)CC3)nc(N3CCC(I)CC3)n2)CC1. The zero-order valence-corrected chi connectivity index (χ0v) is 22.0. The quantitative estimate of drug-likeness (QED) is 0.349. The third-order valence-corrected chi connectivity index (χ3v) is 9.46. The lowest BCUT2D eigenvalue weighted by Gasteiger charge is -2.34. The largest absolute Gasteiger partial charge is 0.341 e. The van der Waals surface area contributed by atoms with Crippen molar-refractivity contribution in [3.05, 3.63) is 0 Å². The van der Waals surface area contributed by atoms with E-state index in [0.717, 1.165) is 68.9 Å². The number of anilines is 3. The highest BCUT2D eigenvalue weighted by Gasteiger charge is 2.26. The van der Waals surface area contributed by atoms with Crippen LogP contribution in [0.15, 0.2) is 0 Å². The zero-order chi connectivity index (χ0) is 18.8. The van der Waals surface area contributed by atoms with Gasteiger partial charge in [-0.05, 0) is 38.5 Å². The van der Waals surface area contributed by atoms with Gasteiger partial charge >= 0.3 is 0 Å². The van der Waals surface area contributed by atoms with Crippen molar-refractivity contribution < 1.29 is 0 Å². The number of alkyl halides is 3. The summed E-state index contributed by atoms with van der Waals surface area (Å²) in [7, 11) is 0. The molecule has 0 atom stereocenters. The van der Waals surface area contributed by atoms with Crippen LogP contribution in [0.4, 0.5) is 17.8 Å². The molecule has 0 saturated carbocycles. The molecule has 4 heterocycles. The van der Waals surface area contributed by atoms with E-state index in [2.05, 4.69) is 82.5 Å². The second-order valence-electron chi connectivity index (χ2n) is 7.72. The second-order valence-corrected chi connectivity index (χ2v) is 13.0. The maximum Gasteiger partial charge on any atom is 0.231 e. The molecule has 27 heavy (non-hydrogen) atoms. The summed E-state index contributed by atoms with van der Waals surface area (Å²) in [6.07, 6.45) is 7.32. The number of rotatable bonds is 3. The lowest BCUT2D eigenvalue weighted by Crippen LogP contribution is -2.40. The molecule has 1 aromatic heterocycles. The van der Waals surface area contributed by atoms with E-state index in [1.54, 1.807) is 0 Å². The van der Waals surface area contributed by atoms with Crippen LogP contribution >= 0.6 is 67.8 Å². The molecule has 0 radical (unpaired) electrons. The summed E-state index contributed by atoms with van der Waals surface area (Å²) < 4.78 is 2.35. The van der Waals surface area contributed by atoms with Gasteiger partial charge in [0, 0.05) is 51.0 Å². The number of piperidine rings is 3. The molecule has 150 valence electrons. The molecule has 1 aromatic rings. The van der Waals surface area contributed by atoms with Crippen molar-refractivity contribution in [3.63, 3.8) is 0 Å². The third kappa shape index (κ3) is 5.40. The van der Waals surface area contributed by atoms with Gasteiger partial charge in [-0.25, -0.2) is 0 Å². The second kappa shape index (κ2) is 9.61. The van der Waals surface area contributed by atoms with Crippen LogP contribution in [0.25, 0.3) is 0 Å². The molecular weight excluding hydrogens is 681 g/mol. The van der Waals surface area contributed by atoms with Crippen molar-refractivity contribution in [1.82, 2.24) is 15.0 Å². The van der Waals surface area contributed by atoms with Crippen LogP contribution in [-0.4, -0.2) is 66.0 Å². The Morgan fingerprint density at radius 2 is 0.704 bits per heavy atom. The summed E-state index contributed by atoms with van der Waals surface area (Å²) in [5.41, 5.74) is 0. The maximum absolute atomic E-state index is 4.94. The predicted octanol–water partition coefficient (Wildman–Crippen LogP) is 4.08. The summed E-state index contributed by atoms with van der Waals surface area (Å²) in [6.45, 7) is 6.35. The fraction of sp³-hybridized carbons (Fsp3) is 0.833. The first-order valence-corrected chi connectivity index (χ1v) is 13.8. The predicted molar refractivity (Wildman–Crippen MR) is 138 cm³/mol. The number of aromatic nitrogens is 3. The van der Waals surface area contributed by atoms with Crippen molar-refractivity contribution in [2.24, 2.45) is 0 Å².